The van der Waals surface area contributed by atoms with E-state index in [1.54, 1.807) is 11.1 Å². The fourth-order valence-corrected chi connectivity index (χ4v) is 3.80. The molecule has 110 valence electrons. The highest BCUT2D eigenvalue weighted by Crippen LogP contribution is 2.37. The Bertz CT molecular complexity index is 451. The van der Waals surface area contributed by atoms with Gasteiger partial charge in [-0.25, -0.2) is 0 Å². The maximum absolute atomic E-state index is 5.67. The molecule has 0 spiro atoms. The van der Waals surface area contributed by atoms with E-state index < -0.39 is 0 Å². The van der Waals surface area contributed by atoms with Crippen LogP contribution in [0.2, 0.25) is 0 Å². The highest BCUT2D eigenvalue weighted by molar-refractivity contribution is 5.36. The van der Waals surface area contributed by atoms with Gasteiger partial charge in [-0.15, -0.1) is 0 Å². The lowest BCUT2D eigenvalue weighted by molar-refractivity contribution is -0.0289. The molecule has 1 atom stereocenters. The van der Waals surface area contributed by atoms with Crippen LogP contribution in [0.25, 0.3) is 0 Å². The molecule has 0 radical (unpaired) electrons. The van der Waals surface area contributed by atoms with Crippen molar-refractivity contribution in [2.75, 3.05) is 13.7 Å². The van der Waals surface area contributed by atoms with E-state index in [4.69, 9.17) is 4.74 Å². The van der Waals surface area contributed by atoms with Gasteiger partial charge < -0.3 is 10.1 Å². The first-order chi connectivity index (χ1) is 9.80. The number of rotatable bonds is 6. The second kappa shape index (κ2) is 6.28. The van der Waals surface area contributed by atoms with E-state index in [9.17, 15) is 0 Å². The Labute approximate surface area is 122 Å². The molecule has 1 aromatic rings. The van der Waals surface area contributed by atoms with Gasteiger partial charge in [0.05, 0.1) is 6.10 Å². The van der Waals surface area contributed by atoms with Crippen LogP contribution >= 0.6 is 0 Å². The lowest BCUT2D eigenvalue weighted by Crippen LogP contribution is -2.34. The molecule has 0 saturated heterocycles. The smallest absolute Gasteiger partial charge is 0.0580 e. The maximum Gasteiger partial charge on any atom is 0.0580 e. The summed E-state index contributed by atoms with van der Waals surface area (Å²) in [4.78, 5) is 0. The van der Waals surface area contributed by atoms with E-state index in [1.807, 2.05) is 0 Å². The van der Waals surface area contributed by atoms with Crippen molar-refractivity contribution in [3.8, 4) is 0 Å². The van der Waals surface area contributed by atoms with Crippen LogP contribution in [0.4, 0.5) is 0 Å². The van der Waals surface area contributed by atoms with Crippen LogP contribution in [0.1, 0.15) is 55.3 Å². The van der Waals surface area contributed by atoms with Crippen molar-refractivity contribution in [3.63, 3.8) is 0 Å². The summed E-state index contributed by atoms with van der Waals surface area (Å²) in [6.45, 7) is 2.95. The number of benzene rings is 1. The first-order valence-electron chi connectivity index (χ1n) is 8.20. The molecule has 1 saturated carbocycles. The first kappa shape index (κ1) is 14.1. The van der Waals surface area contributed by atoms with Gasteiger partial charge in [-0.2, -0.15) is 0 Å². The highest BCUT2D eigenvalue weighted by atomic mass is 16.5. The summed E-state index contributed by atoms with van der Waals surface area (Å²) in [5, 5.41) is 3.51. The molecule has 0 bridgehead atoms. The minimum Gasteiger partial charge on any atom is -0.378 e. The summed E-state index contributed by atoms with van der Waals surface area (Å²) < 4.78 is 5.67. The monoisotopic (exact) mass is 273 g/mol. The Morgan fingerprint density at radius 1 is 1.25 bits per heavy atom. The van der Waals surface area contributed by atoms with Crippen molar-refractivity contribution in [1.29, 1.82) is 0 Å². The summed E-state index contributed by atoms with van der Waals surface area (Å²) >= 11 is 0. The summed E-state index contributed by atoms with van der Waals surface area (Å²) in [6.07, 6.45) is 8.16. The Morgan fingerprint density at radius 3 is 2.80 bits per heavy atom. The lowest BCUT2D eigenvalue weighted by atomic mass is 9.77. The molecule has 1 unspecified atom stereocenters. The van der Waals surface area contributed by atoms with Crippen molar-refractivity contribution in [2.24, 2.45) is 5.92 Å². The highest BCUT2D eigenvalue weighted by Gasteiger charge is 2.31. The molecule has 2 nitrogen and oxygen atoms in total. The first-order valence-corrected chi connectivity index (χ1v) is 8.20. The van der Waals surface area contributed by atoms with Crippen LogP contribution < -0.4 is 5.32 Å². The molecule has 1 aromatic carbocycles. The Balaban J connectivity index is 1.60. The van der Waals surface area contributed by atoms with E-state index in [0.29, 0.717) is 12.1 Å². The Hall–Kier alpha value is -0.860. The number of aryl methyl sites for hydroxylation is 2. The van der Waals surface area contributed by atoms with Crippen molar-refractivity contribution in [1.82, 2.24) is 5.32 Å². The third-order valence-electron chi connectivity index (χ3n) is 5.04. The van der Waals surface area contributed by atoms with E-state index >= 15 is 0 Å². The SMILES string of the molecule is CCOC1CC(CC(NC)c2ccc3c(c2)CCC3)C1. The maximum atomic E-state index is 5.67. The number of hydrogen-bond acceptors (Lipinski definition) is 2. The fourth-order valence-electron chi connectivity index (χ4n) is 3.80. The van der Waals surface area contributed by atoms with Crippen LogP contribution in [-0.4, -0.2) is 19.8 Å². The molecule has 20 heavy (non-hydrogen) atoms. The molecule has 2 aliphatic carbocycles. The third kappa shape index (κ3) is 2.91. The summed E-state index contributed by atoms with van der Waals surface area (Å²) in [5.41, 5.74) is 4.64. The topological polar surface area (TPSA) is 21.3 Å². The second-order valence-electron chi connectivity index (χ2n) is 6.37. The molecule has 0 aliphatic heterocycles. The van der Waals surface area contributed by atoms with Gasteiger partial charge in [-0.05, 0) is 75.1 Å². The molecule has 1 N–H and O–H groups in total. The van der Waals surface area contributed by atoms with Crippen molar-refractivity contribution >= 4 is 0 Å². The van der Waals surface area contributed by atoms with Gasteiger partial charge in [-0.1, -0.05) is 18.2 Å². The van der Waals surface area contributed by atoms with Gasteiger partial charge in [0, 0.05) is 12.6 Å². The van der Waals surface area contributed by atoms with Gasteiger partial charge in [-0.3, -0.25) is 0 Å². The van der Waals surface area contributed by atoms with Crippen molar-refractivity contribution < 1.29 is 4.74 Å². The predicted octanol–water partition coefficient (Wildman–Crippen LogP) is 3.64. The number of fused-ring (bicyclic) bond motifs is 1. The van der Waals surface area contributed by atoms with Crippen LogP contribution in [0, 0.1) is 5.92 Å². The number of nitrogens with one attached hydrogen (secondary N) is 1. The minimum atomic E-state index is 0.508. The Morgan fingerprint density at radius 2 is 2.05 bits per heavy atom. The quantitative estimate of drug-likeness (QED) is 0.854. The molecular formula is C18H27NO. The van der Waals surface area contributed by atoms with Gasteiger partial charge in [0.25, 0.3) is 0 Å². The molecule has 1 fully saturated rings. The van der Waals surface area contributed by atoms with Crippen molar-refractivity contribution in [2.45, 2.75) is 57.6 Å². The average molecular weight is 273 g/mol. The van der Waals surface area contributed by atoms with E-state index in [-0.39, 0.29) is 0 Å². The summed E-state index contributed by atoms with van der Waals surface area (Å²) in [5.74, 6) is 0.831. The lowest BCUT2D eigenvalue weighted by Gasteiger charge is -2.37. The number of ether oxygens (including phenoxy) is 1. The van der Waals surface area contributed by atoms with E-state index in [1.165, 1.54) is 44.1 Å². The minimum absolute atomic E-state index is 0.508. The third-order valence-corrected chi connectivity index (χ3v) is 5.04. The zero-order valence-electron chi connectivity index (χ0n) is 12.8. The molecule has 0 amide bonds. The van der Waals surface area contributed by atoms with Gasteiger partial charge in [0.15, 0.2) is 0 Å². The van der Waals surface area contributed by atoms with Crippen LogP contribution in [-0.2, 0) is 17.6 Å². The van der Waals surface area contributed by atoms with Crippen molar-refractivity contribution in [3.05, 3.63) is 34.9 Å². The summed E-state index contributed by atoms with van der Waals surface area (Å²) in [7, 11) is 2.09. The average Bonchev–Trinajstić information content (AvgIpc) is 2.88. The van der Waals surface area contributed by atoms with E-state index in [0.717, 1.165) is 12.5 Å². The van der Waals surface area contributed by atoms with E-state index in [2.05, 4.69) is 37.5 Å². The van der Waals surface area contributed by atoms with Gasteiger partial charge >= 0.3 is 0 Å². The molecule has 2 aliphatic rings. The molecule has 0 heterocycles. The zero-order chi connectivity index (χ0) is 13.9. The molecular weight excluding hydrogens is 246 g/mol. The predicted molar refractivity (Wildman–Crippen MR) is 83.0 cm³/mol. The normalized spacial score (nSPS) is 26.1. The fraction of sp³-hybridized carbons (Fsp3) is 0.667. The van der Waals surface area contributed by atoms with Crippen LogP contribution in [0.3, 0.4) is 0 Å². The number of hydrogen-bond donors (Lipinski definition) is 1. The van der Waals surface area contributed by atoms with Crippen LogP contribution in [0.15, 0.2) is 18.2 Å². The molecule has 3 rings (SSSR count). The van der Waals surface area contributed by atoms with Gasteiger partial charge in [0.2, 0.25) is 0 Å². The second-order valence-corrected chi connectivity index (χ2v) is 6.37. The summed E-state index contributed by atoms with van der Waals surface area (Å²) in [6, 6.07) is 7.64. The Kier molecular flexibility index (Phi) is 4.42. The molecule has 2 heteroatoms. The zero-order valence-corrected chi connectivity index (χ0v) is 12.8. The largest absolute Gasteiger partial charge is 0.378 e. The standard InChI is InChI=1S/C18H27NO/c1-3-20-17-9-13(10-17)11-18(19-2)16-8-7-14-5-4-6-15(14)12-16/h7-8,12-13,17-19H,3-6,9-11H2,1-2H3. The van der Waals surface area contributed by atoms with Crippen LogP contribution in [0.5, 0.6) is 0 Å². The molecule has 0 aromatic heterocycles. The van der Waals surface area contributed by atoms with Gasteiger partial charge in [0.1, 0.15) is 0 Å².